The SMILES string of the molecule is CCCC(C)(NC(=O)c1csc(C(C)N)n1)C(=O)O. The predicted molar refractivity (Wildman–Crippen MR) is 73.1 cm³/mol. The summed E-state index contributed by atoms with van der Waals surface area (Å²) >= 11 is 1.29. The highest BCUT2D eigenvalue weighted by molar-refractivity contribution is 7.09. The van der Waals surface area contributed by atoms with Crippen molar-refractivity contribution in [2.24, 2.45) is 5.73 Å². The van der Waals surface area contributed by atoms with Crippen molar-refractivity contribution in [1.29, 1.82) is 0 Å². The molecule has 1 aromatic heterocycles. The zero-order chi connectivity index (χ0) is 14.6. The van der Waals surface area contributed by atoms with Gasteiger partial charge in [-0.2, -0.15) is 0 Å². The highest BCUT2D eigenvalue weighted by atomic mass is 32.1. The molecule has 0 saturated heterocycles. The molecule has 0 aliphatic heterocycles. The van der Waals surface area contributed by atoms with Crippen molar-refractivity contribution in [2.75, 3.05) is 0 Å². The standard InChI is InChI=1S/C12H19N3O3S/c1-4-5-12(3,11(17)18)15-9(16)8-6-19-10(14-8)7(2)13/h6-7H,4-5,13H2,1-3H3,(H,15,16)(H,17,18). The Balaban J connectivity index is 2.85. The second-order valence-electron chi connectivity index (χ2n) is 4.70. The molecule has 0 aliphatic carbocycles. The molecule has 0 aliphatic rings. The molecule has 0 radical (unpaired) electrons. The fraction of sp³-hybridized carbons (Fsp3) is 0.583. The van der Waals surface area contributed by atoms with Gasteiger partial charge in [0, 0.05) is 5.38 Å². The molecule has 0 fully saturated rings. The molecule has 2 unspecified atom stereocenters. The zero-order valence-corrected chi connectivity index (χ0v) is 12.1. The van der Waals surface area contributed by atoms with Crippen LogP contribution < -0.4 is 11.1 Å². The van der Waals surface area contributed by atoms with Crippen LogP contribution in [0.25, 0.3) is 0 Å². The number of carbonyl (C=O) groups excluding carboxylic acids is 1. The molecule has 2 atom stereocenters. The van der Waals surface area contributed by atoms with Crippen molar-refractivity contribution in [3.05, 3.63) is 16.1 Å². The van der Waals surface area contributed by atoms with Gasteiger partial charge in [0.05, 0.1) is 6.04 Å². The van der Waals surface area contributed by atoms with E-state index in [1.165, 1.54) is 18.3 Å². The molecular weight excluding hydrogens is 266 g/mol. The molecular formula is C12H19N3O3S. The van der Waals surface area contributed by atoms with Crippen molar-refractivity contribution >= 4 is 23.2 Å². The molecule has 6 nitrogen and oxygen atoms in total. The first-order chi connectivity index (χ1) is 8.80. The van der Waals surface area contributed by atoms with Crippen molar-refractivity contribution in [3.63, 3.8) is 0 Å². The van der Waals surface area contributed by atoms with E-state index < -0.39 is 17.4 Å². The number of aliphatic carboxylic acids is 1. The Morgan fingerprint density at radius 2 is 2.26 bits per heavy atom. The summed E-state index contributed by atoms with van der Waals surface area (Å²) in [6, 6.07) is -0.243. The molecule has 1 heterocycles. The number of rotatable bonds is 6. The lowest BCUT2D eigenvalue weighted by atomic mass is 9.96. The summed E-state index contributed by atoms with van der Waals surface area (Å²) < 4.78 is 0. The fourth-order valence-electron chi connectivity index (χ4n) is 1.64. The highest BCUT2D eigenvalue weighted by Crippen LogP contribution is 2.18. The molecule has 1 aromatic rings. The van der Waals surface area contributed by atoms with E-state index in [2.05, 4.69) is 10.3 Å². The van der Waals surface area contributed by atoms with Crippen LogP contribution in [-0.2, 0) is 4.79 Å². The predicted octanol–water partition coefficient (Wildman–Crippen LogP) is 1.54. The maximum Gasteiger partial charge on any atom is 0.329 e. The Morgan fingerprint density at radius 3 is 2.68 bits per heavy atom. The van der Waals surface area contributed by atoms with Crippen LogP contribution in [0, 0.1) is 0 Å². The largest absolute Gasteiger partial charge is 0.480 e. The maximum absolute atomic E-state index is 12.0. The number of hydrogen-bond acceptors (Lipinski definition) is 5. The van der Waals surface area contributed by atoms with Gasteiger partial charge in [0.1, 0.15) is 16.2 Å². The van der Waals surface area contributed by atoms with Gasteiger partial charge in [-0.15, -0.1) is 11.3 Å². The van der Waals surface area contributed by atoms with Crippen molar-refractivity contribution < 1.29 is 14.7 Å². The number of carbonyl (C=O) groups is 2. The van der Waals surface area contributed by atoms with Crippen LogP contribution in [0.3, 0.4) is 0 Å². The molecule has 7 heteroatoms. The first-order valence-electron chi connectivity index (χ1n) is 6.07. The first-order valence-corrected chi connectivity index (χ1v) is 6.95. The summed E-state index contributed by atoms with van der Waals surface area (Å²) in [6.07, 6.45) is 1.02. The van der Waals surface area contributed by atoms with Crippen molar-refractivity contribution in [2.45, 2.75) is 45.2 Å². The number of thiazole rings is 1. The quantitative estimate of drug-likeness (QED) is 0.735. The Bertz CT molecular complexity index is 473. The Morgan fingerprint density at radius 1 is 1.63 bits per heavy atom. The van der Waals surface area contributed by atoms with Crippen LogP contribution >= 0.6 is 11.3 Å². The van der Waals surface area contributed by atoms with Gasteiger partial charge in [0.25, 0.3) is 5.91 Å². The number of carboxylic acid groups (broad SMARTS) is 1. The molecule has 1 amide bonds. The van der Waals surface area contributed by atoms with Gasteiger partial charge in [0.2, 0.25) is 0 Å². The zero-order valence-electron chi connectivity index (χ0n) is 11.3. The molecule has 19 heavy (non-hydrogen) atoms. The first kappa shape index (κ1) is 15.6. The van der Waals surface area contributed by atoms with Gasteiger partial charge in [-0.1, -0.05) is 13.3 Å². The van der Waals surface area contributed by atoms with E-state index in [9.17, 15) is 14.7 Å². The number of amides is 1. The topological polar surface area (TPSA) is 105 Å². The summed E-state index contributed by atoms with van der Waals surface area (Å²) in [5.74, 6) is -1.54. The van der Waals surface area contributed by atoms with E-state index in [0.29, 0.717) is 17.8 Å². The number of carboxylic acids is 1. The van der Waals surface area contributed by atoms with Gasteiger partial charge in [-0.05, 0) is 20.3 Å². The van der Waals surface area contributed by atoms with Crippen LogP contribution in [-0.4, -0.2) is 27.5 Å². The summed E-state index contributed by atoms with van der Waals surface area (Å²) in [5, 5.41) is 14.0. The molecule has 4 N–H and O–H groups in total. The number of nitrogens with zero attached hydrogens (tertiary/aromatic N) is 1. The molecule has 0 aromatic carbocycles. The van der Waals surface area contributed by atoms with Crippen LogP contribution in [0.15, 0.2) is 5.38 Å². The van der Waals surface area contributed by atoms with Gasteiger partial charge in [-0.3, -0.25) is 4.79 Å². The number of nitrogens with two attached hydrogens (primary N) is 1. The third-order valence-corrected chi connectivity index (χ3v) is 3.80. The average molecular weight is 285 g/mol. The van der Waals surface area contributed by atoms with Crippen LogP contribution in [0.4, 0.5) is 0 Å². The van der Waals surface area contributed by atoms with Crippen LogP contribution in [0.2, 0.25) is 0 Å². The number of aromatic nitrogens is 1. The third kappa shape index (κ3) is 3.74. The average Bonchev–Trinajstić information content (AvgIpc) is 2.78. The second-order valence-corrected chi connectivity index (χ2v) is 5.59. The Hall–Kier alpha value is -1.47. The summed E-state index contributed by atoms with van der Waals surface area (Å²) in [5.41, 5.74) is 4.61. The van der Waals surface area contributed by atoms with E-state index in [4.69, 9.17) is 5.73 Å². The molecule has 106 valence electrons. The summed E-state index contributed by atoms with van der Waals surface area (Å²) in [4.78, 5) is 27.3. The van der Waals surface area contributed by atoms with Crippen molar-refractivity contribution in [3.8, 4) is 0 Å². The minimum absolute atomic E-state index is 0.209. The van der Waals surface area contributed by atoms with Gasteiger partial charge < -0.3 is 16.2 Å². The van der Waals surface area contributed by atoms with E-state index >= 15 is 0 Å². The lowest BCUT2D eigenvalue weighted by Crippen LogP contribution is -2.52. The lowest BCUT2D eigenvalue weighted by molar-refractivity contribution is -0.144. The van der Waals surface area contributed by atoms with E-state index in [1.54, 1.807) is 12.3 Å². The molecule has 0 saturated carbocycles. The lowest BCUT2D eigenvalue weighted by Gasteiger charge is -2.25. The van der Waals surface area contributed by atoms with Crippen LogP contribution in [0.5, 0.6) is 0 Å². The van der Waals surface area contributed by atoms with E-state index in [0.717, 1.165) is 0 Å². The number of nitrogens with one attached hydrogen (secondary N) is 1. The summed E-state index contributed by atoms with van der Waals surface area (Å²) in [7, 11) is 0. The maximum atomic E-state index is 12.0. The third-order valence-electron chi connectivity index (χ3n) is 2.76. The van der Waals surface area contributed by atoms with Crippen molar-refractivity contribution in [1.82, 2.24) is 10.3 Å². The second kappa shape index (κ2) is 6.12. The Kier molecular flexibility index (Phi) is 5.02. The van der Waals surface area contributed by atoms with Gasteiger partial charge in [-0.25, -0.2) is 9.78 Å². The van der Waals surface area contributed by atoms with E-state index in [-0.39, 0.29) is 11.7 Å². The van der Waals surface area contributed by atoms with E-state index in [1.807, 2.05) is 6.92 Å². The van der Waals surface area contributed by atoms with Gasteiger partial charge in [0.15, 0.2) is 0 Å². The molecule has 1 rings (SSSR count). The Labute approximate surface area is 116 Å². The fourth-order valence-corrected chi connectivity index (χ4v) is 2.40. The minimum Gasteiger partial charge on any atom is -0.480 e. The minimum atomic E-state index is -1.27. The van der Waals surface area contributed by atoms with Crippen LogP contribution in [0.1, 0.15) is 55.2 Å². The monoisotopic (exact) mass is 285 g/mol. The smallest absolute Gasteiger partial charge is 0.329 e. The number of hydrogen-bond donors (Lipinski definition) is 3. The van der Waals surface area contributed by atoms with Gasteiger partial charge >= 0.3 is 5.97 Å². The summed E-state index contributed by atoms with van der Waals surface area (Å²) in [6.45, 7) is 5.14. The normalized spacial score (nSPS) is 15.6. The molecule has 0 spiro atoms. The molecule has 0 bridgehead atoms. The highest BCUT2D eigenvalue weighted by Gasteiger charge is 2.34.